The molecule has 4 rings (SSSR count). The van der Waals surface area contributed by atoms with Crippen molar-refractivity contribution in [3.05, 3.63) is 53.1 Å². The predicted octanol–water partition coefficient (Wildman–Crippen LogP) is 3.67. The molecule has 0 spiro atoms. The molecule has 176 valence electrons. The van der Waals surface area contributed by atoms with Gasteiger partial charge >= 0.3 is 6.18 Å². The number of carbonyl (C=O) groups is 2. The summed E-state index contributed by atoms with van der Waals surface area (Å²) in [7, 11) is 0. The first-order valence-electron chi connectivity index (χ1n) is 10.2. The van der Waals surface area contributed by atoms with Gasteiger partial charge in [0.2, 0.25) is 0 Å². The van der Waals surface area contributed by atoms with Crippen molar-refractivity contribution in [3.63, 3.8) is 0 Å². The molecule has 2 aromatic rings. The molecule has 11 heteroatoms. The van der Waals surface area contributed by atoms with Gasteiger partial charge < -0.3 is 15.4 Å². The summed E-state index contributed by atoms with van der Waals surface area (Å²) < 4.78 is 46.1. The highest BCUT2D eigenvalue weighted by atomic mass is 32.1. The molecule has 34 heavy (non-hydrogen) atoms. The zero-order valence-corrected chi connectivity index (χ0v) is 19.0. The van der Waals surface area contributed by atoms with Crippen LogP contribution in [0.1, 0.15) is 37.0 Å². The maximum atomic E-state index is 13.5. The first kappa shape index (κ1) is 23.5. The molecule has 0 radical (unpaired) electrons. The van der Waals surface area contributed by atoms with E-state index in [1.165, 1.54) is 12.1 Å². The van der Waals surface area contributed by atoms with E-state index >= 15 is 0 Å². The number of alkyl halides is 3. The molecule has 2 heterocycles. The number of nitrogens with two attached hydrogens (primary N) is 1. The molecule has 2 amide bonds. The SMILES string of the molecule is CC1(C)C(=O)N(c2ccc(C#N)c(C(F)(F)F)c2)C(=S)N1c1ccc2c(c1)CC[C@H](C(N)=O)O2. The van der Waals surface area contributed by atoms with Crippen LogP contribution < -0.4 is 20.3 Å². The van der Waals surface area contributed by atoms with Crippen LogP contribution in [0.25, 0.3) is 0 Å². The molecule has 0 aromatic heterocycles. The average Bonchev–Trinajstić information content (AvgIpc) is 2.95. The summed E-state index contributed by atoms with van der Waals surface area (Å²) in [6.07, 6.45) is -4.59. The molecule has 0 bridgehead atoms. The number of anilines is 2. The minimum absolute atomic E-state index is 0.000442. The molecule has 2 aromatic carbocycles. The molecule has 7 nitrogen and oxygen atoms in total. The van der Waals surface area contributed by atoms with Crippen molar-refractivity contribution in [1.82, 2.24) is 0 Å². The van der Waals surface area contributed by atoms with E-state index < -0.39 is 40.8 Å². The average molecular weight is 488 g/mol. The van der Waals surface area contributed by atoms with Gasteiger partial charge in [0.15, 0.2) is 11.2 Å². The number of primary amides is 1. The quantitative estimate of drug-likeness (QED) is 0.662. The topological polar surface area (TPSA) is 99.7 Å². The van der Waals surface area contributed by atoms with E-state index in [-0.39, 0.29) is 10.8 Å². The lowest BCUT2D eigenvalue weighted by atomic mass is 9.99. The first-order chi connectivity index (χ1) is 15.9. The fourth-order valence-corrected chi connectivity index (χ4v) is 4.70. The Labute approximate surface area is 198 Å². The molecule has 1 atom stereocenters. The van der Waals surface area contributed by atoms with Crippen LogP contribution in [0.3, 0.4) is 0 Å². The second-order valence-corrected chi connectivity index (χ2v) is 8.86. The van der Waals surface area contributed by atoms with E-state index in [0.717, 1.165) is 22.6 Å². The molecular weight excluding hydrogens is 469 g/mol. The Morgan fingerprint density at radius 1 is 1.24 bits per heavy atom. The smallest absolute Gasteiger partial charge is 0.417 e. The molecule has 0 aliphatic carbocycles. The number of nitriles is 1. The van der Waals surface area contributed by atoms with Gasteiger partial charge in [0.05, 0.1) is 22.9 Å². The maximum absolute atomic E-state index is 13.5. The summed E-state index contributed by atoms with van der Waals surface area (Å²) in [6.45, 7) is 3.24. The van der Waals surface area contributed by atoms with Gasteiger partial charge in [-0.1, -0.05) is 0 Å². The fraction of sp³-hybridized carbons (Fsp3) is 0.304. The van der Waals surface area contributed by atoms with Crippen molar-refractivity contribution in [1.29, 1.82) is 5.26 Å². The Hall–Kier alpha value is -3.65. The summed E-state index contributed by atoms with van der Waals surface area (Å²) in [6, 6.07) is 9.65. The largest absolute Gasteiger partial charge is 0.480 e. The van der Waals surface area contributed by atoms with Gasteiger partial charge in [-0.05, 0) is 80.9 Å². The van der Waals surface area contributed by atoms with Crippen LogP contribution in [-0.4, -0.2) is 28.6 Å². The Bertz CT molecular complexity index is 1270. The number of nitrogens with zero attached hydrogens (tertiary/aromatic N) is 3. The van der Waals surface area contributed by atoms with E-state index in [2.05, 4.69) is 0 Å². The maximum Gasteiger partial charge on any atom is 0.417 e. The molecule has 2 N–H and O–H groups in total. The monoisotopic (exact) mass is 488 g/mol. The second kappa shape index (κ2) is 7.99. The Kier molecular flexibility index (Phi) is 5.52. The molecule has 1 saturated heterocycles. The van der Waals surface area contributed by atoms with Crippen LogP contribution >= 0.6 is 12.2 Å². The van der Waals surface area contributed by atoms with Crippen LogP contribution in [0, 0.1) is 11.3 Å². The van der Waals surface area contributed by atoms with Crippen molar-refractivity contribution >= 4 is 40.5 Å². The number of hydrogen-bond acceptors (Lipinski definition) is 5. The van der Waals surface area contributed by atoms with Crippen molar-refractivity contribution in [3.8, 4) is 11.8 Å². The van der Waals surface area contributed by atoms with E-state index in [1.807, 2.05) is 0 Å². The number of rotatable bonds is 3. The first-order valence-corrected chi connectivity index (χ1v) is 10.7. The van der Waals surface area contributed by atoms with Gasteiger partial charge in [-0.25, -0.2) is 0 Å². The molecule has 2 aliphatic heterocycles. The number of hydrogen-bond donors (Lipinski definition) is 1. The summed E-state index contributed by atoms with van der Waals surface area (Å²) in [5.74, 6) is -0.580. The Morgan fingerprint density at radius 2 is 1.91 bits per heavy atom. The predicted molar refractivity (Wildman–Crippen MR) is 121 cm³/mol. The molecular formula is C23H19F3N4O3S. The highest BCUT2D eigenvalue weighted by molar-refractivity contribution is 7.81. The van der Waals surface area contributed by atoms with Crippen LogP contribution in [0.5, 0.6) is 5.75 Å². The van der Waals surface area contributed by atoms with Crippen LogP contribution in [0.2, 0.25) is 0 Å². The number of ether oxygens (including phenoxy) is 1. The molecule has 2 aliphatic rings. The van der Waals surface area contributed by atoms with E-state index in [9.17, 15) is 22.8 Å². The summed E-state index contributed by atoms with van der Waals surface area (Å²) in [5.41, 5.74) is 3.69. The molecule has 0 unspecified atom stereocenters. The number of thiocarbonyl (C=S) groups is 1. The lowest BCUT2D eigenvalue weighted by Crippen LogP contribution is -2.44. The van der Waals surface area contributed by atoms with Gasteiger partial charge in [0, 0.05) is 5.69 Å². The summed E-state index contributed by atoms with van der Waals surface area (Å²) in [5, 5.41) is 9.06. The zero-order chi connectivity index (χ0) is 25.0. The Morgan fingerprint density at radius 3 is 2.53 bits per heavy atom. The second-order valence-electron chi connectivity index (χ2n) is 8.50. The number of carbonyl (C=O) groups excluding carboxylic acids is 2. The normalized spacial score (nSPS) is 19.5. The van der Waals surface area contributed by atoms with E-state index in [4.69, 9.17) is 28.0 Å². The molecule has 0 saturated carbocycles. The number of fused-ring (bicyclic) bond motifs is 1. The Balaban J connectivity index is 1.73. The van der Waals surface area contributed by atoms with E-state index in [0.29, 0.717) is 24.3 Å². The third-order valence-corrected chi connectivity index (χ3v) is 6.29. The number of aryl methyl sites for hydroxylation is 1. The highest BCUT2D eigenvalue weighted by Crippen LogP contribution is 2.41. The third-order valence-electron chi connectivity index (χ3n) is 5.92. The standard InChI is InChI=1S/C23H19F3N4O3S/c1-22(2)20(32)29(14-5-3-13(11-27)16(10-14)23(24,25)26)21(34)30(22)15-6-8-17-12(9-15)4-7-18(33-17)19(28)31/h3,5-6,8-10,18H,4,7H2,1-2H3,(H2,28,31)/t18-/m1/s1. The number of halogens is 3. The van der Waals surface area contributed by atoms with Gasteiger partial charge in [-0.3, -0.25) is 14.5 Å². The van der Waals surface area contributed by atoms with Crippen LogP contribution in [-0.2, 0) is 22.2 Å². The summed E-state index contributed by atoms with van der Waals surface area (Å²) >= 11 is 5.55. The highest BCUT2D eigenvalue weighted by Gasteiger charge is 2.51. The summed E-state index contributed by atoms with van der Waals surface area (Å²) in [4.78, 5) is 27.4. The number of amides is 2. The third kappa shape index (κ3) is 3.74. The van der Waals surface area contributed by atoms with Gasteiger partial charge in [-0.2, -0.15) is 18.4 Å². The molecule has 1 fully saturated rings. The van der Waals surface area contributed by atoms with Crippen LogP contribution in [0.15, 0.2) is 36.4 Å². The van der Waals surface area contributed by atoms with E-state index in [1.54, 1.807) is 36.9 Å². The van der Waals surface area contributed by atoms with Crippen molar-refractivity contribution < 1.29 is 27.5 Å². The van der Waals surface area contributed by atoms with Gasteiger partial charge in [0.25, 0.3) is 11.8 Å². The van der Waals surface area contributed by atoms with Crippen molar-refractivity contribution in [2.24, 2.45) is 5.73 Å². The lowest BCUT2D eigenvalue weighted by Gasteiger charge is -2.31. The van der Waals surface area contributed by atoms with Gasteiger partial charge in [0.1, 0.15) is 11.3 Å². The minimum atomic E-state index is -4.78. The fourth-order valence-electron chi connectivity index (χ4n) is 4.17. The van der Waals surface area contributed by atoms with Gasteiger partial charge in [-0.15, -0.1) is 0 Å². The van der Waals surface area contributed by atoms with Crippen molar-refractivity contribution in [2.45, 2.75) is 44.5 Å². The van der Waals surface area contributed by atoms with Crippen LogP contribution in [0.4, 0.5) is 24.5 Å². The lowest BCUT2D eigenvalue weighted by molar-refractivity contribution is -0.137. The number of benzene rings is 2. The minimum Gasteiger partial charge on any atom is -0.480 e. The van der Waals surface area contributed by atoms with Crippen molar-refractivity contribution in [2.75, 3.05) is 9.80 Å². The zero-order valence-electron chi connectivity index (χ0n) is 18.1.